The van der Waals surface area contributed by atoms with Crippen LogP contribution in [0.5, 0.6) is 0 Å². The maximum atomic E-state index is 12.3. The van der Waals surface area contributed by atoms with Gasteiger partial charge in [0.2, 0.25) is 0 Å². The Hall–Kier alpha value is -1.23. The van der Waals surface area contributed by atoms with E-state index in [0.717, 1.165) is 31.5 Å². The number of hydrogen-bond donors (Lipinski definition) is 2. The summed E-state index contributed by atoms with van der Waals surface area (Å²) in [4.78, 5) is 0. The smallest absolute Gasteiger partial charge is 0.370 e. The molecule has 0 bridgehead atoms. The number of benzene rings is 1. The van der Waals surface area contributed by atoms with E-state index in [0.29, 0.717) is 5.69 Å². The van der Waals surface area contributed by atoms with Crippen LogP contribution < -0.4 is 10.6 Å². The quantitative estimate of drug-likeness (QED) is 0.816. The Balaban J connectivity index is 2.01. The third-order valence-electron chi connectivity index (χ3n) is 2.61. The van der Waals surface area contributed by atoms with E-state index in [1.807, 2.05) is 0 Å². The first-order valence-electron chi connectivity index (χ1n) is 5.23. The minimum absolute atomic E-state index is 0.178. The second-order valence-corrected chi connectivity index (χ2v) is 3.87. The number of rotatable bonds is 2. The van der Waals surface area contributed by atoms with Gasteiger partial charge in [-0.15, -0.1) is 0 Å². The molecule has 0 amide bonds. The lowest BCUT2D eigenvalue weighted by atomic mass is 10.2. The third-order valence-corrected chi connectivity index (χ3v) is 2.61. The van der Waals surface area contributed by atoms with Crippen LogP contribution in [0, 0.1) is 0 Å². The van der Waals surface area contributed by atoms with Crippen molar-refractivity contribution >= 4 is 5.69 Å². The van der Waals surface area contributed by atoms with Crippen LogP contribution in [0.3, 0.4) is 0 Å². The van der Waals surface area contributed by atoms with Crippen LogP contribution in [0.1, 0.15) is 18.4 Å². The molecule has 88 valence electrons. The zero-order valence-corrected chi connectivity index (χ0v) is 8.64. The number of alkyl halides is 3. The molecular formula is C11H13F3N2. The highest BCUT2D eigenvalue weighted by Gasteiger charge is 2.30. The highest BCUT2D eigenvalue weighted by Crippen LogP contribution is 2.29. The van der Waals surface area contributed by atoms with Crippen LogP contribution in [0.2, 0.25) is 0 Å². The van der Waals surface area contributed by atoms with Crippen molar-refractivity contribution < 1.29 is 13.2 Å². The summed E-state index contributed by atoms with van der Waals surface area (Å²) in [6.45, 7) is 0.957. The van der Waals surface area contributed by atoms with Crippen molar-refractivity contribution in [3.05, 3.63) is 29.8 Å². The number of nitrogens with one attached hydrogen (secondary N) is 2. The summed E-state index contributed by atoms with van der Waals surface area (Å²) < 4.78 is 36.9. The molecule has 1 aromatic carbocycles. The molecule has 2 nitrogen and oxygen atoms in total. The number of hydrogen-bond acceptors (Lipinski definition) is 2. The number of anilines is 1. The molecule has 0 saturated carbocycles. The molecule has 1 aliphatic heterocycles. The van der Waals surface area contributed by atoms with E-state index in [1.54, 1.807) is 0 Å². The van der Waals surface area contributed by atoms with Gasteiger partial charge < -0.3 is 5.32 Å². The summed E-state index contributed by atoms with van der Waals surface area (Å²) >= 11 is 0. The van der Waals surface area contributed by atoms with Gasteiger partial charge >= 0.3 is 6.18 Å². The van der Waals surface area contributed by atoms with Crippen molar-refractivity contribution in [1.29, 1.82) is 0 Å². The molecule has 1 aliphatic rings. The van der Waals surface area contributed by atoms with Crippen molar-refractivity contribution in [2.75, 3.05) is 11.9 Å². The highest BCUT2D eigenvalue weighted by atomic mass is 19.4. The van der Waals surface area contributed by atoms with E-state index in [2.05, 4.69) is 10.6 Å². The SMILES string of the molecule is FC(F)(F)c1ccc(NC2CCCN2)cc1. The molecular weight excluding hydrogens is 217 g/mol. The second kappa shape index (κ2) is 4.33. The lowest BCUT2D eigenvalue weighted by Gasteiger charge is -2.14. The fourth-order valence-electron chi connectivity index (χ4n) is 1.76. The first-order valence-corrected chi connectivity index (χ1v) is 5.23. The Kier molecular flexibility index (Phi) is 3.05. The molecule has 1 atom stereocenters. The van der Waals surface area contributed by atoms with Gasteiger partial charge in [0.1, 0.15) is 0 Å². The Morgan fingerprint density at radius 1 is 1.19 bits per heavy atom. The average Bonchev–Trinajstić information content (AvgIpc) is 2.70. The van der Waals surface area contributed by atoms with Crippen LogP contribution in [0.4, 0.5) is 18.9 Å². The molecule has 2 rings (SSSR count). The minimum Gasteiger partial charge on any atom is -0.370 e. The maximum Gasteiger partial charge on any atom is 0.416 e. The van der Waals surface area contributed by atoms with Gasteiger partial charge in [-0.05, 0) is 43.7 Å². The van der Waals surface area contributed by atoms with Crippen LogP contribution >= 0.6 is 0 Å². The van der Waals surface area contributed by atoms with Gasteiger partial charge in [0.05, 0.1) is 11.7 Å². The van der Waals surface area contributed by atoms with Crippen molar-refractivity contribution in [3.8, 4) is 0 Å². The van der Waals surface area contributed by atoms with Gasteiger partial charge in [0.15, 0.2) is 0 Å². The van der Waals surface area contributed by atoms with Crippen molar-refractivity contribution in [2.24, 2.45) is 0 Å². The molecule has 0 radical (unpaired) electrons. The molecule has 0 aliphatic carbocycles. The molecule has 1 fully saturated rings. The summed E-state index contributed by atoms with van der Waals surface area (Å²) in [5, 5.41) is 6.36. The van der Waals surface area contributed by atoms with Gasteiger partial charge in [-0.2, -0.15) is 13.2 Å². The normalized spacial score (nSPS) is 21.1. The Labute approximate surface area is 91.8 Å². The molecule has 0 aromatic heterocycles. The van der Waals surface area contributed by atoms with E-state index in [4.69, 9.17) is 0 Å². The standard InChI is InChI=1S/C11H13F3N2/c12-11(13,14)8-3-5-9(6-4-8)16-10-2-1-7-15-10/h3-6,10,15-16H,1-2,7H2. The fraction of sp³-hybridized carbons (Fsp3) is 0.455. The Morgan fingerprint density at radius 3 is 2.38 bits per heavy atom. The topological polar surface area (TPSA) is 24.1 Å². The third kappa shape index (κ3) is 2.66. The molecule has 5 heteroatoms. The predicted octanol–water partition coefficient (Wildman–Crippen LogP) is 2.83. The van der Waals surface area contributed by atoms with Gasteiger partial charge in [0, 0.05) is 5.69 Å². The molecule has 1 heterocycles. The summed E-state index contributed by atoms with van der Waals surface area (Å²) in [5.41, 5.74) is 0.102. The van der Waals surface area contributed by atoms with Gasteiger partial charge in [0.25, 0.3) is 0 Å². The Morgan fingerprint density at radius 2 is 1.88 bits per heavy atom. The molecule has 0 spiro atoms. The van der Waals surface area contributed by atoms with E-state index < -0.39 is 11.7 Å². The monoisotopic (exact) mass is 230 g/mol. The Bertz CT molecular complexity index is 339. The molecule has 1 aromatic rings. The molecule has 2 N–H and O–H groups in total. The first kappa shape index (κ1) is 11.3. The predicted molar refractivity (Wildman–Crippen MR) is 56.1 cm³/mol. The van der Waals surface area contributed by atoms with E-state index in [9.17, 15) is 13.2 Å². The van der Waals surface area contributed by atoms with Crippen molar-refractivity contribution in [1.82, 2.24) is 5.32 Å². The summed E-state index contributed by atoms with van der Waals surface area (Å²) in [6.07, 6.45) is -1.99. The zero-order valence-electron chi connectivity index (χ0n) is 8.64. The van der Waals surface area contributed by atoms with E-state index in [-0.39, 0.29) is 6.17 Å². The molecule has 16 heavy (non-hydrogen) atoms. The van der Waals surface area contributed by atoms with Gasteiger partial charge in [-0.3, -0.25) is 5.32 Å². The van der Waals surface area contributed by atoms with Gasteiger partial charge in [-0.25, -0.2) is 0 Å². The van der Waals surface area contributed by atoms with E-state index >= 15 is 0 Å². The van der Waals surface area contributed by atoms with Crippen molar-refractivity contribution in [2.45, 2.75) is 25.2 Å². The minimum atomic E-state index is -4.26. The van der Waals surface area contributed by atoms with Crippen LogP contribution in [-0.4, -0.2) is 12.7 Å². The second-order valence-electron chi connectivity index (χ2n) is 3.87. The van der Waals surface area contributed by atoms with Crippen molar-refractivity contribution in [3.63, 3.8) is 0 Å². The van der Waals surface area contributed by atoms with E-state index in [1.165, 1.54) is 12.1 Å². The zero-order chi connectivity index (χ0) is 11.6. The van der Waals surface area contributed by atoms with Crippen LogP contribution in [0.15, 0.2) is 24.3 Å². The fourth-order valence-corrected chi connectivity index (χ4v) is 1.76. The number of halogens is 3. The lowest BCUT2D eigenvalue weighted by Crippen LogP contribution is -2.29. The average molecular weight is 230 g/mol. The van der Waals surface area contributed by atoms with Crippen LogP contribution in [0.25, 0.3) is 0 Å². The summed E-state index contributed by atoms with van der Waals surface area (Å²) in [5.74, 6) is 0. The summed E-state index contributed by atoms with van der Waals surface area (Å²) in [7, 11) is 0. The largest absolute Gasteiger partial charge is 0.416 e. The van der Waals surface area contributed by atoms with Gasteiger partial charge in [-0.1, -0.05) is 0 Å². The molecule has 1 saturated heterocycles. The van der Waals surface area contributed by atoms with Crippen LogP contribution in [-0.2, 0) is 6.18 Å². The first-order chi connectivity index (χ1) is 7.55. The highest BCUT2D eigenvalue weighted by molar-refractivity contribution is 5.45. The maximum absolute atomic E-state index is 12.3. The lowest BCUT2D eigenvalue weighted by molar-refractivity contribution is -0.137. The molecule has 1 unspecified atom stereocenters. The summed E-state index contributed by atoms with van der Waals surface area (Å²) in [6, 6.07) is 5.11.